The Balaban J connectivity index is 2.39. The van der Waals surface area contributed by atoms with Crippen LogP contribution in [0.4, 0.5) is 0 Å². The first-order valence-electron chi connectivity index (χ1n) is 9.18. The molecule has 1 fully saturated rings. The number of rotatable bonds is 7. The molecule has 0 spiro atoms. The van der Waals surface area contributed by atoms with E-state index in [1.165, 1.54) is 18.3 Å². The van der Waals surface area contributed by atoms with Crippen molar-refractivity contribution in [2.75, 3.05) is 6.54 Å². The number of hydrogen-bond donors (Lipinski definition) is 2. The average Bonchev–Trinajstić information content (AvgIpc) is 2.82. The molecule has 9 nitrogen and oxygen atoms in total. The number of Topliss-reactive ketones (excluding diaryl/α,β-unsaturated/α-hetero) is 1. The van der Waals surface area contributed by atoms with E-state index in [2.05, 4.69) is 10.3 Å². The molecule has 0 radical (unpaired) electrons. The van der Waals surface area contributed by atoms with Crippen molar-refractivity contribution in [2.45, 2.75) is 56.6 Å². The van der Waals surface area contributed by atoms with E-state index in [1.54, 1.807) is 13.0 Å². The van der Waals surface area contributed by atoms with Gasteiger partial charge in [-0.05, 0) is 38.3 Å². The second kappa shape index (κ2) is 9.24. The Hall–Kier alpha value is -2.33. The van der Waals surface area contributed by atoms with Gasteiger partial charge in [0, 0.05) is 24.6 Å². The summed E-state index contributed by atoms with van der Waals surface area (Å²) in [4.78, 5) is 40.6. The summed E-state index contributed by atoms with van der Waals surface area (Å²) >= 11 is 0. The smallest absolute Gasteiger partial charge is 0.284 e. The molecule has 28 heavy (non-hydrogen) atoms. The van der Waals surface area contributed by atoms with Gasteiger partial charge in [0.25, 0.3) is 10.0 Å². The predicted octanol–water partition coefficient (Wildman–Crippen LogP) is 0.210. The van der Waals surface area contributed by atoms with Crippen molar-refractivity contribution >= 4 is 27.6 Å². The molecule has 3 atom stereocenters. The van der Waals surface area contributed by atoms with Crippen LogP contribution in [0, 0.1) is 5.92 Å². The molecule has 2 rings (SSSR count). The van der Waals surface area contributed by atoms with Gasteiger partial charge in [-0.2, -0.15) is 8.42 Å². The summed E-state index contributed by atoms with van der Waals surface area (Å²) in [5, 5.41) is 2.71. The zero-order valence-corrected chi connectivity index (χ0v) is 16.8. The third-order valence-electron chi connectivity index (χ3n) is 4.84. The number of pyridine rings is 1. The molecule has 3 N–H and O–H groups in total. The average molecular weight is 410 g/mol. The van der Waals surface area contributed by atoms with Crippen LogP contribution in [-0.4, -0.2) is 53.9 Å². The number of ketones is 1. The minimum Gasteiger partial charge on any atom is -0.369 e. The van der Waals surface area contributed by atoms with Crippen molar-refractivity contribution in [3.8, 4) is 0 Å². The number of carbonyl (C=O) groups is 3. The van der Waals surface area contributed by atoms with Gasteiger partial charge in [0.05, 0.1) is 6.54 Å². The van der Waals surface area contributed by atoms with E-state index in [1.807, 2.05) is 6.92 Å². The molecule has 0 aliphatic carbocycles. The fourth-order valence-corrected chi connectivity index (χ4v) is 4.54. The maximum Gasteiger partial charge on any atom is 0.284 e. The maximum absolute atomic E-state index is 13.2. The van der Waals surface area contributed by atoms with Crippen molar-refractivity contribution in [2.24, 2.45) is 11.7 Å². The second-order valence-electron chi connectivity index (χ2n) is 7.05. The normalized spacial score (nSPS) is 21.6. The number of nitrogens with one attached hydrogen (secondary N) is 1. The number of sulfonamides is 1. The van der Waals surface area contributed by atoms with Crippen molar-refractivity contribution in [3.63, 3.8) is 0 Å². The fraction of sp³-hybridized carbons (Fsp3) is 0.556. The van der Waals surface area contributed by atoms with E-state index in [-0.39, 0.29) is 42.7 Å². The molecule has 2 heterocycles. The number of carbonyl (C=O) groups excluding carboxylic acids is 3. The molecule has 1 aliphatic rings. The summed E-state index contributed by atoms with van der Waals surface area (Å²) in [6.45, 7) is 3.43. The predicted molar refractivity (Wildman–Crippen MR) is 101 cm³/mol. The Kier molecular flexibility index (Phi) is 7.25. The van der Waals surface area contributed by atoms with Gasteiger partial charge in [0.2, 0.25) is 11.8 Å². The van der Waals surface area contributed by atoms with E-state index in [9.17, 15) is 22.8 Å². The van der Waals surface area contributed by atoms with E-state index in [4.69, 9.17) is 5.73 Å². The summed E-state index contributed by atoms with van der Waals surface area (Å²) in [5.41, 5.74) is 5.22. The molecule has 1 aromatic rings. The Labute approximate surface area is 164 Å². The Bertz CT molecular complexity index is 828. The highest BCUT2D eigenvalue weighted by Gasteiger charge is 2.40. The summed E-state index contributed by atoms with van der Waals surface area (Å²) in [7, 11) is -4.33. The molecule has 1 aliphatic heterocycles. The Morgan fingerprint density at radius 2 is 2.07 bits per heavy atom. The maximum atomic E-state index is 13.2. The van der Waals surface area contributed by atoms with Crippen LogP contribution in [0.1, 0.15) is 39.5 Å². The first-order chi connectivity index (χ1) is 13.1. The molecule has 1 aromatic heterocycles. The molecular weight excluding hydrogens is 384 g/mol. The molecular formula is C18H26N4O5S. The zero-order chi connectivity index (χ0) is 20.9. The second-order valence-corrected chi connectivity index (χ2v) is 8.81. The summed E-state index contributed by atoms with van der Waals surface area (Å²) < 4.78 is 27.0. The van der Waals surface area contributed by atoms with Crippen LogP contribution in [0.25, 0.3) is 0 Å². The summed E-state index contributed by atoms with van der Waals surface area (Å²) in [6, 6.07) is 3.25. The van der Waals surface area contributed by atoms with Gasteiger partial charge in [-0.1, -0.05) is 13.0 Å². The number of aromatic nitrogens is 1. The summed E-state index contributed by atoms with van der Waals surface area (Å²) in [5.74, 6) is -2.28. The third kappa shape index (κ3) is 5.14. The standard InChI is InChI=1S/C18H26N4O5S/c1-12(18(19)25)6-9-17(24)22(14-8-7-13(2)21-11-15(14)23)28(26,27)16-5-3-4-10-20-16/h3-5,10,12-14,21H,6-9,11H2,1-2H3,(H2,19,25)/t12-,13+,14+/m0/s1. The molecule has 0 aromatic carbocycles. The van der Waals surface area contributed by atoms with Gasteiger partial charge < -0.3 is 11.1 Å². The van der Waals surface area contributed by atoms with Crippen LogP contribution in [0.15, 0.2) is 29.4 Å². The first kappa shape index (κ1) is 22.0. The molecule has 154 valence electrons. The van der Waals surface area contributed by atoms with E-state index < -0.39 is 33.8 Å². The van der Waals surface area contributed by atoms with E-state index >= 15 is 0 Å². The van der Waals surface area contributed by atoms with Crippen molar-refractivity contribution in [1.29, 1.82) is 0 Å². The molecule has 1 saturated heterocycles. The highest BCUT2D eigenvalue weighted by Crippen LogP contribution is 2.24. The minimum atomic E-state index is -4.33. The lowest BCUT2D eigenvalue weighted by atomic mass is 10.0. The molecule has 2 amide bonds. The highest BCUT2D eigenvalue weighted by molar-refractivity contribution is 7.89. The largest absolute Gasteiger partial charge is 0.369 e. The van der Waals surface area contributed by atoms with Crippen LogP contribution < -0.4 is 11.1 Å². The lowest BCUT2D eigenvalue weighted by Gasteiger charge is -2.29. The fourth-order valence-electron chi connectivity index (χ4n) is 2.98. The number of nitrogens with two attached hydrogens (primary N) is 1. The lowest BCUT2D eigenvalue weighted by molar-refractivity contribution is -0.134. The van der Waals surface area contributed by atoms with Crippen molar-refractivity contribution < 1.29 is 22.8 Å². The lowest BCUT2D eigenvalue weighted by Crippen LogP contribution is -2.49. The SMILES string of the molecule is C[C@@H]1CC[C@@H](N(C(=O)CC[C@H](C)C(N)=O)S(=O)(=O)c2ccccn2)C(=O)CN1. The van der Waals surface area contributed by atoms with E-state index in [0.717, 1.165) is 0 Å². The van der Waals surface area contributed by atoms with Gasteiger partial charge in [-0.15, -0.1) is 0 Å². The molecule has 0 bridgehead atoms. The van der Waals surface area contributed by atoms with Crippen LogP contribution in [-0.2, 0) is 24.4 Å². The quantitative estimate of drug-likeness (QED) is 0.655. The zero-order valence-electron chi connectivity index (χ0n) is 16.0. The molecule has 10 heteroatoms. The van der Waals surface area contributed by atoms with Gasteiger partial charge in [0.15, 0.2) is 10.8 Å². The van der Waals surface area contributed by atoms with Crippen LogP contribution in [0.5, 0.6) is 0 Å². The topological polar surface area (TPSA) is 140 Å². The first-order valence-corrected chi connectivity index (χ1v) is 10.6. The molecule has 0 unspecified atom stereocenters. The van der Waals surface area contributed by atoms with Crippen molar-refractivity contribution in [1.82, 2.24) is 14.6 Å². The van der Waals surface area contributed by atoms with Gasteiger partial charge >= 0.3 is 0 Å². The van der Waals surface area contributed by atoms with E-state index in [0.29, 0.717) is 10.7 Å². The van der Waals surface area contributed by atoms with Gasteiger partial charge in [-0.25, -0.2) is 9.29 Å². The van der Waals surface area contributed by atoms with Gasteiger partial charge in [0.1, 0.15) is 6.04 Å². The van der Waals surface area contributed by atoms with Crippen LogP contribution >= 0.6 is 0 Å². The number of hydrogen-bond acceptors (Lipinski definition) is 7. The van der Waals surface area contributed by atoms with Crippen LogP contribution in [0.2, 0.25) is 0 Å². The van der Waals surface area contributed by atoms with Gasteiger partial charge in [-0.3, -0.25) is 14.4 Å². The Morgan fingerprint density at radius 1 is 1.36 bits per heavy atom. The van der Waals surface area contributed by atoms with Crippen LogP contribution in [0.3, 0.4) is 0 Å². The number of primary amides is 1. The summed E-state index contributed by atoms with van der Waals surface area (Å²) in [6.07, 6.45) is 1.94. The minimum absolute atomic E-state index is 0.0228. The third-order valence-corrected chi connectivity index (χ3v) is 6.58. The highest BCUT2D eigenvalue weighted by atomic mass is 32.2. The van der Waals surface area contributed by atoms with Crippen molar-refractivity contribution in [3.05, 3.63) is 24.4 Å². The number of nitrogens with zero attached hydrogens (tertiary/aromatic N) is 2. The monoisotopic (exact) mass is 410 g/mol. The number of amides is 2. The molecule has 0 saturated carbocycles. The Morgan fingerprint density at radius 3 is 2.68 bits per heavy atom.